The van der Waals surface area contributed by atoms with Crippen LogP contribution in [-0.2, 0) is 28.9 Å². The maximum Gasteiger partial charge on any atom is 0.397 e. The normalized spacial score (nSPS) is 18.4. The lowest BCUT2D eigenvalue weighted by Gasteiger charge is -2.41. The highest BCUT2D eigenvalue weighted by atomic mass is 32.3. The fourth-order valence-corrected chi connectivity index (χ4v) is 12.5. The zero-order valence-electron chi connectivity index (χ0n) is 53.1. The van der Waals surface area contributed by atoms with Crippen LogP contribution in [0.2, 0.25) is 0 Å². The zero-order valence-corrected chi connectivity index (χ0v) is 54.0. The summed E-state index contributed by atoms with van der Waals surface area (Å²) in [5, 5.41) is 45.3. The van der Waals surface area contributed by atoms with Crippen LogP contribution in [0.25, 0.3) is 0 Å². The highest BCUT2D eigenvalue weighted by molar-refractivity contribution is 7.80. The number of nitrogens with one attached hydrogen (secondary N) is 1. The van der Waals surface area contributed by atoms with E-state index in [4.69, 9.17) is 9.47 Å². The topological polar surface area (TPSA) is 192 Å². The van der Waals surface area contributed by atoms with Crippen LogP contribution in [0.3, 0.4) is 0 Å². The molecule has 0 aromatic carbocycles. The lowest BCUT2D eigenvalue weighted by molar-refractivity contribution is -0.298. The average Bonchev–Trinajstić information content (AvgIpc) is 3.51. The fourth-order valence-electron chi connectivity index (χ4n) is 12.0. The van der Waals surface area contributed by atoms with Gasteiger partial charge in [-0.2, -0.15) is 8.42 Å². The van der Waals surface area contributed by atoms with Gasteiger partial charge >= 0.3 is 10.4 Å². The number of aliphatic hydroxyl groups excluding tert-OH is 4. The van der Waals surface area contributed by atoms with Crippen LogP contribution < -0.4 is 5.32 Å². The minimum Gasteiger partial charge on any atom is -0.394 e. The van der Waals surface area contributed by atoms with Crippen LogP contribution in [0, 0.1) is 0 Å². The van der Waals surface area contributed by atoms with Crippen molar-refractivity contribution < 1.29 is 51.8 Å². The van der Waals surface area contributed by atoms with E-state index in [1.165, 1.54) is 295 Å². The summed E-state index contributed by atoms with van der Waals surface area (Å²) >= 11 is 0. The van der Waals surface area contributed by atoms with Gasteiger partial charge in [-0.05, 0) is 12.8 Å². The molecule has 0 aliphatic carbocycles. The molecule has 1 aliphatic rings. The van der Waals surface area contributed by atoms with Crippen LogP contribution in [0.4, 0.5) is 0 Å². The van der Waals surface area contributed by atoms with Gasteiger partial charge in [-0.25, -0.2) is 4.18 Å². The first kappa shape index (κ1) is 78.1. The maximum atomic E-state index is 13.2. The van der Waals surface area contributed by atoms with Crippen LogP contribution in [0.15, 0.2) is 0 Å². The third-order valence-electron chi connectivity index (χ3n) is 17.4. The molecule has 6 N–H and O–H groups in total. The Balaban J connectivity index is 2.17. The highest BCUT2D eigenvalue weighted by Gasteiger charge is 2.48. The SMILES string of the molecule is CCCCCCCCCCCCCCCCCCCCCCCCCCCCCCCCCCCCCC(=O)NC(COC1OC(CO)C(O)C(OS(=O)(=O)O)C1O)C(O)CCCCCCCCCCCCCCCCCCCCC. The molecule has 1 rings (SSSR count). The van der Waals surface area contributed by atoms with Crippen molar-refractivity contribution in [3.8, 4) is 0 Å². The number of amides is 1. The molecule has 1 amide bonds. The van der Waals surface area contributed by atoms with Gasteiger partial charge in [-0.1, -0.05) is 354 Å². The van der Waals surface area contributed by atoms with E-state index in [1.807, 2.05) is 0 Å². The first-order chi connectivity index (χ1) is 39.5. The number of unbranched alkanes of at least 4 members (excludes halogenated alkanes) is 52. The predicted octanol–water partition coefficient (Wildman–Crippen LogP) is 18.4. The molecule has 81 heavy (non-hydrogen) atoms. The van der Waals surface area contributed by atoms with E-state index in [2.05, 4.69) is 23.3 Å². The van der Waals surface area contributed by atoms with Crippen LogP contribution in [-0.4, -0.2) is 95.4 Å². The minimum absolute atomic E-state index is 0.219. The molecule has 0 radical (unpaired) electrons. The van der Waals surface area contributed by atoms with E-state index >= 15 is 0 Å². The fraction of sp³-hybridized carbons (Fsp3) is 0.985. The van der Waals surface area contributed by atoms with Gasteiger partial charge < -0.3 is 35.2 Å². The summed E-state index contributed by atoms with van der Waals surface area (Å²) in [4.78, 5) is 13.2. The number of ether oxygens (including phenoxy) is 2. The number of hydrogen-bond donors (Lipinski definition) is 6. The molecule has 0 aromatic rings. The molecule has 1 saturated heterocycles. The Labute approximate surface area is 500 Å². The molecule has 0 saturated carbocycles. The molecular weight excluding hydrogens is 1040 g/mol. The largest absolute Gasteiger partial charge is 0.397 e. The Bertz CT molecular complexity index is 1430. The van der Waals surface area contributed by atoms with Gasteiger partial charge in [0, 0.05) is 6.42 Å². The summed E-state index contributed by atoms with van der Waals surface area (Å²) in [6.45, 7) is 3.53. The molecule has 0 aromatic heterocycles. The molecule has 1 heterocycles. The first-order valence-corrected chi connectivity index (χ1v) is 36.8. The smallest absolute Gasteiger partial charge is 0.394 e. The molecule has 7 unspecified atom stereocenters. The molecule has 1 aliphatic heterocycles. The molecule has 1 fully saturated rings. The van der Waals surface area contributed by atoms with E-state index in [0.29, 0.717) is 12.8 Å². The van der Waals surface area contributed by atoms with Gasteiger partial charge in [-0.15, -0.1) is 0 Å². The summed E-state index contributed by atoms with van der Waals surface area (Å²) in [6.07, 6.45) is 63.0. The summed E-state index contributed by atoms with van der Waals surface area (Å²) in [6, 6.07) is -0.854. The van der Waals surface area contributed by atoms with Crippen molar-refractivity contribution >= 4 is 16.3 Å². The average molecular weight is 1170 g/mol. The van der Waals surface area contributed by atoms with Crippen LogP contribution >= 0.6 is 0 Å². The monoisotopic (exact) mass is 1170 g/mol. The Hall–Kier alpha value is -0.900. The zero-order chi connectivity index (χ0) is 59.0. The lowest BCUT2D eigenvalue weighted by Crippen LogP contribution is -2.61. The van der Waals surface area contributed by atoms with E-state index in [-0.39, 0.29) is 12.5 Å². The first-order valence-electron chi connectivity index (χ1n) is 35.4. The van der Waals surface area contributed by atoms with E-state index in [0.717, 1.165) is 51.4 Å². The molecular formula is C68H135NO11S. The Kier molecular flexibility index (Phi) is 56.1. The van der Waals surface area contributed by atoms with Crippen molar-refractivity contribution in [3.05, 3.63) is 0 Å². The molecule has 7 atom stereocenters. The van der Waals surface area contributed by atoms with E-state index in [9.17, 15) is 38.2 Å². The standard InChI is InChI=1S/C68H135NO11S/c1-3-5-7-9-11-13-15-17-19-21-23-24-25-26-27-28-29-30-31-32-33-34-35-36-37-38-40-42-44-46-48-50-52-54-56-58-64(72)69-61(60-78-68-66(74)67(80-81(75,76)77)65(73)63(59-70)79-68)62(71)57-55-53-51-49-47-45-43-41-39-22-20-18-16-14-12-10-8-6-4-2/h61-63,65-68,70-71,73-74H,3-60H2,1-2H3,(H,69,72)(H,75,76,77). The lowest BCUT2D eigenvalue weighted by atomic mass is 9.99. The summed E-state index contributed by atoms with van der Waals surface area (Å²) in [5.74, 6) is -0.219. The van der Waals surface area contributed by atoms with Crippen molar-refractivity contribution in [3.63, 3.8) is 0 Å². The number of hydrogen-bond acceptors (Lipinski definition) is 10. The quantitative estimate of drug-likeness (QED) is 0.0251. The number of rotatable bonds is 64. The molecule has 484 valence electrons. The van der Waals surface area contributed by atoms with E-state index < -0.39 is 59.9 Å². The number of carbonyl (C=O) groups excluding carboxylic acids is 1. The van der Waals surface area contributed by atoms with Crippen molar-refractivity contribution in [1.29, 1.82) is 0 Å². The maximum absolute atomic E-state index is 13.2. The van der Waals surface area contributed by atoms with Gasteiger partial charge in [0.15, 0.2) is 6.29 Å². The van der Waals surface area contributed by atoms with Crippen molar-refractivity contribution in [2.45, 2.75) is 416 Å². The van der Waals surface area contributed by atoms with Gasteiger partial charge in [0.2, 0.25) is 5.91 Å². The predicted molar refractivity (Wildman–Crippen MR) is 338 cm³/mol. The second-order valence-electron chi connectivity index (χ2n) is 25.2. The summed E-state index contributed by atoms with van der Waals surface area (Å²) < 4.78 is 48.1. The van der Waals surface area contributed by atoms with Crippen LogP contribution in [0.5, 0.6) is 0 Å². The molecule has 12 nitrogen and oxygen atoms in total. The van der Waals surface area contributed by atoms with E-state index in [1.54, 1.807) is 0 Å². The van der Waals surface area contributed by atoms with Gasteiger partial charge in [-0.3, -0.25) is 9.35 Å². The van der Waals surface area contributed by atoms with Crippen molar-refractivity contribution in [2.75, 3.05) is 13.2 Å². The second-order valence-corrected chi connectivity index (χ2v) is 26.2. The Morgan fingerprint density at radius 1 is 0.444 bits per heavy atom. The van der Waals surface area contributed by atoms with Crippen LogP contribution in [0.1, 0.15) is 373 Å². The highest BCUT2D eigenvalue weighted by Crippen LogP contribution is 2.27. The summed E-state index contributed by atoms with van der Waals surface area (Å²) in [7, 11) is -5.08. The number of carbonyl (C=O) groups is 1. The molecule has 0 spiro atoms. The summed E-state index contributed by atoms with van der Waals surface area (Å²) in [5.41, 5.74) is 0. The third-order valence-corrected chi connectivity index (χ3v) is 17.9. The van der Waals surface area contributed by atoms with Gasteiger partial charge in [0.25, 0.3) is 0 Å². The molecule has 0 bridgehead atoms. The Morgan fingerprint density at radius 3 is 0.988 bits per heavy atom. The van der Waals surface area contributed by atoms with Crippen molar-refractivity contribution in [1.82, 2.24) is 5.32 Å². The van der Waals surface area contributed by atoms with Gasteiger partial charge in [0.05, 0.1) is 25.4 Å². The third kappa shape index (κ3) is 49.9. The van der Waals surface area contributed by atoms with Gasteiger partial charge in [0.1, 0.15) is 24.4 Å². The molecule has 13 heteroatoms. The van der Waals surface area contributed by atoms with Crippen molar-refractivity contribution in [2.24, 2.45) is 0 Å². The Morgan fingerprint density at radius 2 is 0.716 bits per heavy atom. The number of aliphatic hydroxyl groups is 4. The second kappa shape index (κ2) is 58.1. The minimum atomic E-state index is -5.08.